The minimum atomic E-state index is -0.903. The van der Waals surface area contributed by atoms with Crippen LogP contribution in [0.4, 0.5) is 4.39 Å². The summed E-state index contributed by atoms with van der Waals surface area (Å²) < 4.78 is 13.6. The zero-order valence-corrected chi connectivity index (χ0v) is 12.8. The lowest BCUT2D eigenvalue weighted by Gasteiger charge is -2.15. The molecule has 0 saturated carbocycles. The highest BCUT2D eigenvalue weighted by molar-refractivity contribution is 5.87. The van der Waals surface area contributed by atoms with Gasteiger partial charge in [0.15, 0.2) is 0 Å². The minimum Gasteiger partial charge on any atom is -0.481 e. The lowest BCUT2D eigenvalue weighted by atomic mass is 9.88. The van der Waals surface area contributed by atoms with Gasteiger partial charge in [-0.15, -0.1) is 0 Å². The number of carboxylic acid groups (broad SMARTS) is 1. The van der Waals surface area contributed by atoms with Crippen LogP contribution in [0.5, 0.6) is 0 Å². The van der Waals surface area contributed by atoms with Crippen LogP contribution in [0.25, 0.3) is 10.9 Å². The number of H-pyrrole nitrogens is 1. The zero-order valence-electron chi connectivity index (χ0n) is 12.8. The van der Waals surface area contributed by atoms with Gasteiger partial charge in [0.05, 0.1) is 6.42 Å². The molecule has 0 spiro atoms. The van der Waals surface area contributed by atoms with E-state index in [4.69, 9.17) is 0 Å². The fourth-order valence-electron chi connectivity index (χ4n) is 3.13. The molecule has 0 aliphatic heterocycles. The summed E-state index contributed by atoms with van der Waals surface area (Å²) in [6, 6.07) is 12.2. The Labute approximate surface area is 133 Å². The molecule has 0 saturated heterocycles. The van der Waals surface area contributed by atoms with Gasteiger partial charge < -0.3 is 10.1 Å². The number of aromatic amines is 1. The first-order valence-electron chi connectivity index (χ1n) is 7.66. The van der Waals surface area contributed by atoms with E-state index in [0.29, 0.717) is 5.56 Å². The molecule has 2 aromatic carbocycles. The number of carbonyl (C=O) groups is 1. The number of benzene rings is 2. The second-order valence-electron chi connectivity index (χ2n) is 5.64. The van der Waals surface area contributed by atoms with Crippen molar-refractivity contribution in [3.63, 3.8) is 0 Å². The first-order valence-corrected chi connectivity index (χ1v) is 7.66. The van der Waals surface area contributed by atoms with Crippen LogP contribution in [-0.4, -0.2) is 16.1 Å². The Kier molecular flexibility index (Phi) is 4.15. The van der Waals surface area contributed by atoms with Crippen molar-refractivity contribution in [3.8, 4) is 0 Å². The number of fused-ring (bicyclic) bond motifs is 1. The molecule has 3 nitrogen and oxygen atoms in total. The smallest absolute Gasteiger partial charge is 0.304 e. The van der Waals surface area contributed by atoms with Crippen molar-refractivity contribution < 1.29 is 14.3 Å². The van der Waals surface area contributed by atoms with Gasteiger partial charge in [-0.25, -0.2) is 4.39 Å². The summed E-state index contributed by atoms with van der Waals surface area (Å²) in [5.74, 6) is -1.64. The van der Waals surface area contributed by atoms with E-state index >= 15 is 0 Å². The second kappa shape index (κ2) is 6.24. The maximum absolute atomic E-state index is 13.6. The third-order valence-electron chi connectivity index (χ3n) is 4.22. The van der Waals surface area contributed by atoms with E-state index in [0.717, 1.165) is 22.9 Å². The van der Waals surface area contributed by atoms with Crippen LogP contribution in [0.1, 0.15) is 36.0 Å². The Bertz CT molecular complexity index is 853. The Morgan fingerprint density at radius 1 is 1.26 bits per heavy atom. The van der Waals surface area contributed by atoms with Gasteiger partial charge in [0.25, 0.3) is 0 Å². The highest BCUT2D eigenvalue weighted by atomic mass is 19.1. The number of rotatable bonds is 5. The molecule has 3 rings (SSSR count). The first kappa shape index (κ1) is 15.3. The first-order chi connectivity index (χ1) is 11.1. The topological polar surface area (TPSA) is 53.1 Å². The summed E-state index contributed by atoms with van der Waals surface area (Å²) in [7, 11) is 0. The highest BCUT2D eigenvalue weighted by Gasteiger charge is 2.22. The fourth-order valence-corrected chi connectivity index (χ4v) is 3.13. The molecule has 0 aliphatic rings. The summed E-state index contributed by atoms with van der Waals surface area (Å²) >= 11 is 0. The van der Waals surface area contributed by atoms with E-state index < -0.39 is 5.97 Å². The molecule has 23 heavy (non-hydrogen) atoms. The number of para-hydroxylation sites is 1. The molecule has 0 amide bonds. The van der Waals surface area contributed by atoms with Crippen molar-refractivity contribution in [1.29, 1.82) is 0 Å². The second-order valence-corrected chi connectivity index (χ2v) is 5.64. The molecule has 3 aromatic rings. The molecule has 0 unspecified atom stereocenters. The summed E-state index contributed by atoms with van der Waals surface area (Å²) in [5, 5.41) is 10.3. The highest BCUT2D eigenvalue weighted by Crippen LogP contribution is 2.34. The van der Waals surface area contributed by atoms with E-state index in [1.807, 2.05) is 18.3 Å². The van der Waals surface area contributed by atoms with Gasteiger partial charge in [0.2, 0.25) is 0 Å². The quantitative estimate of drug-likeness (QED) is 0.730. The van der Waals surface area contributed by atoms with Gasteiger partial charge in [-0.05, 0) is 35.2 Å². The van der Waals surface area contributed by atoms with Gasteiger partial charge in [0.1, 0.15) is 5.82 Å². The van der Waals surface area contributed by atoms with Crippen LogP contribution < -0.4 is 0 Å². The van der Waals surface area contributed by atoms with E-state index in [9.17, 15) is 14.3 Å². The lowest BCUT2D eigenvalue weighted by molar-refractivity contribution is -0.137. The standard InChI is InChI=1S/C19H18FNO2/c1-2-12-5-4-8-15-17(11-21-19(12)15)16(10-18(22)23)13-6-3-7-14(20)9-13/h3-9,11,16,21H,2,10H2,1H3,(H,22,23)/t16-/m0/s1. The van der Waals surface area contributed by atoms with Gasteiger partial charge in [-0.3, -0.25) is 4.79 Å². The number of hydrogen-bond acceptors (Lipinski definition) is 1. The molecule has 4 heteroatoms. The lowest BCUT2D eigenvalue weighted by Crippen LogP contribution is -2.08. The van der Waals surface area contributed by atoms with E-state index in [2.05, 4.69) is 18.0 Å². The number of hydrogen-bond donors (Lipinski definition) is 2. The molecule has 118 valence electrons. The maximum atomic E-state index is 13.6. The van der Waals surface area contributed by atoms with Crippen molar-refractivity contribution in [2.45, 2.75) is 25.7 Å². The molecular weight excluding hydrogens is 293 g/mol. The van der Waals surface area contributed by atoms with Crippen molar-refractivity contribution in [2.24, 2.45) is 0 Å². The van der Waals surface area contributed by atoms with Crippen molar-refractivity contribution in [2.75, 3.05) is 0 Å². The predicted octanol–water partition coefficient (Wildman–Crippen LogP) is 4.48. The van der Waals surface area contributed by atoms with E-state index in [-0.39, 0.29) is 18.2 Å². The Balaban J connectivity index is 2.16. The van der Waals surface area contributed by atoms with E-state index in [1.54, 1.807) is 12.1 Å². The van der Waals surface area contributed by atoms with Crippen LogP contribution in [0, 0.1) is 5.82 Å². The van der Waals surface area contributed by atoms with Gasteiger partial charge in [-0.1, -0.05) is 37.3 Å². The molecule has 1 aromatic heterocycles. The molecule has 0 bridgehead atoms. The average Bonchev–Trinajstić information content (AvgIpc) is 2.96. The fraction of sp³-hybridized carbons (Fsp3) is 0.211. The number of aryl methyl sites for hydroxylation is 1. The molecule has 0 fully saturated rings. The summed E-state index contributed by atoms with van der Waals surface area (Å²) in [6.45, 7) is 2.08. The zero-order chi connectivity index (χ0) is 16.4. The largest absolute Gasteiger partial charge is 0.481 e. The van der Waals surface area contributed by atoms with E-state index in [1.165, 1.54) is 17.7 Å². The molecular formula is C19H18FNO2. The summed E-state index contributed by atoms with van der Waals surface area (Å²) in [5.41, 5.74) is 3.78. The van der Waals surface area contributed by atoms with Crippen LogP contribution in [0.2, 0.25) is 0 Å². The van der Waals surface area contributed by atoms with Crippen LogP contribution in [0.15, 0.2) is 48.7 Å². The Hall–Kier alpha value is -2.62. The summed E-state index contributed by atoms with van der Waals surface area (Å²) in [4.78, 5) is 14.6. The van der Waals surface area contributed by atoms with Crippen LogP contribution in [0.3, 0.4) is 0 Å². The Morgan fingerprint density at radius 3 is 2.74 bits per heavy atom. The van der Waals surface area contributed by atoms with Crippen molar-refractivity contribution >= 4 is 16.9 Å². The molecule has 1 heterocycles. The van der Waals surface area contributed by atoms with Crippen molar-refractivity contribution in [1.82, 2.24) is 4.98 Å². The average molecular weight is 311 g/mol. The van der Waals surface area contributed by atoms with Crippen molar-refractivity contribution in [3.05, 3.63) is 71.2 Å². The SMILES string of the molecule is CCc1cccc2c([C@@H](CC(=O)O)c3cccc(F)c3)c[nH]c12. The Morgan fingerprint density at radius 2 is 2.04 bits per heavy atom. The maximum Gasteiger partial charge on any atom is 0.304 e. The molecule has 2 N–H and O–H groups in total. The number of aliphatic carboxylic acids is 1. The van der Waals surface area contributed by atoms with Crippen LogP contribution in [-0.2, 0) is 11.2 Å². The van der Waals surface area contributed by atoms with Gasteiger partial charge in [-0.2, -0.15) is 0 Å². The third kappa shape index (κ3) is 2.97. The van der Waals surface area contributed by atoms with Crippen LogP contribution >= 0.6 is 0 Å². The predicted molar refractivity (Wildman–Crippen MR) is 88.2 cm³/mol. The third-order valence-corrected chi connectivity index (χ3v) is 4.22. The van der Waals surface area contributed by atoms with Gasteiger partial charge in [0, 0.05) is 23.0 Å². The number of halogens is 1. The summed E-state index contributed by atoms with van der Waals surface area (Å²) in [6.07, 6.45) is 2.66. The number of nitrogens with one attached hydrogen (secondary N) is 1. The molecule has 1 atom stereocenters. The van der Waals surface area contributed by atoms with Gasteiger partial charge >= 0.3 is 5.97 Å². The normalized spacial score (nSPS) is 12.4. The molecule has 0 radical (unpaired) electrons. The monoisotopic (exact) mass is 311 g/mol. The number of carboxylic acids is 1. The number of aromatic nitrogens is 1. The minimum absolute atomic E-state index is 0.0766. The molecule has 0 aliphatic carbocycles.